The number of likely N-dealkylation sites (N-methyl/N-ethyl adjacent to an activating group) is 1. The minimum absolute atomic E-state index is 0.0353. The van der Waals surface area contributed by atoms with Gasteiger partial charge in [-0.2, -0.15) is 0 Å². The molecule has 7 nitrogen and oxygen atoms in total. The smallest absolute Gasteiger partial charge is 0.407 e. The Morgan fingerprint density at radius 3 is 2.15 bits per heavy atom. The van der Waals surface area contributed by atoms with Gasteiger partial charge in [0.2, 0.25) is 5.91 Å². The highest BCUT2D eigenvalue weighted by Crippen LogP contribution is 2.44. The molecule has 0 heterocycles. The van der Waals surface area contributed by atoms with Gasteiger partial charge in [0, 0.05) is 13.0 Å². The zero-order valence-corrected chi connectivity index (χ0v) is 19.0. The Morgan fingerprint density at radius 2 is 1.61 bits per heavy atom. The van der Waals surface area contributed by atoms with Crippen LogP contribution in [0.1, 0.15) is 56.1 Å². The molecule has 2 aliphatic rings. The van der Waals surface area contributed by atoms with Gasteiger partial charge in [0.05, 0.1) is 12.0 Å². The summed E-state index contributed by atoms with van der Waals surface area (Å²) in [4.78, 5) is 38.0. The Hall–Kier alpha value is -3.35. The molecule has 0 radical (unpaired) electrons. The van der Waals surface area contributed by atoms with Crippen molar-refractivity contribution in [3.05, 3.63) is 59.7 Å². The van der Waals surface area contributed by atoms with Crippen LogP contribution in [0.25, 0.3) is 11.1 Å². The molecular weight excluding hydrogens is 420 g/mol. The minimum atomic E-state index is -1.06. The lowest BCUT2D eigenvalue weighted by atomic mass is 9.92. The molecule has 1 unspecified atom stereocenters. The fourth-order valence-electron chi connectivity index (χ4n) is 5.04. The highest BCUT2D eigenvalue weighted by atomic mass is 16.5. The SMILES string of the molecule is CC(C(=O)O)N(C)C(=O)CC1(NC(=O)OCC2c3ccccc3-c3ccccc32)CCCC1. The number of carboxylic acid groups (broad SMARTS) is 1. The fourth-order valence-corrected chi connectivity index (χ4v) is 5.04. The molecule has 1 saturated carbocycles. The van der Waals surface area contributed by atoms with Crippen molar-refractivity contribution >= 4 is 18.0 Å². The van der Waals surface area contributed by atoms with Gasteiger partial charge in [0.1, 0.15) is 12.6 Å². The number of benzene rings is 2. The van der Waals surface area contributed by atoms with E-state index in [2.05, 4.69) is 29.6 Å². The maximum Gasteiger partial charge on any atom is 0.407 e. The van der Waals surface area contributed by atoms with E-state index in [1.54, 1.807) is 0 Å². The Bertz CT molecular complexity index is 1010. The van der Waals surface area contributed by atoms with Gasteiger partial charge in [-0.05, 0) is 42.0 Å². The third kappa shape index (κ3) is 4.58. The first-order chi connectivity index (χ1) is 15.8. The molecule has 0 bridgehead atoms. The Morgan fingerprint density at radius 1 is 1.06 bits per heavy atom. The average Bonchev–Trinajstić information content (AvgIpc) is 3.39. The van der Waals surface area contributed by atoms with Crippen molar-refractivity contribution in [3.8, 4) is 11.1 Å². The van der Waals surface area contributed by atoms with E-state index in [-0.39, 0.29) is 24.9 Å². The molecule has 0 aromatic heterocycles. The summed E-state index contributed by atoms with van der Waals surface area (Å²) in [5.74, 6) is -1.39. The first-order valence-electron chi connectivity index (χ1n) is 11.4. The van der Waals surface area contributed by atoms with Gasteiger partial charge in [0.25, 0.3) is 0 Å². The van der Waals surface area contributed by atoms with Gasteiger partial charge in [-0.25, -0.2) is 9.59 Å². The topological polar surface area (TPSA) is 95.9 Å². The fraction of sp³-hybridized carbons (Fsp3) is 0.423. The van der Waals surface area contributed by atoms with Crippen molar-refractivity contribution in [1.29, 1.82) is 0 Å². The minimum Gasteiger partial charge on any atom is -0.480 e. The van der Waals surface area contributed by atoms with Crippen LogP contribution in [0.4, 0.5) is 4.79 Å². The van der Waals surface area contributed by atoms with Gasteiger partial charge in [0.15, 0.2) is 0 Å². The molecule has 2 aromatic carbocycles. The molecule has 2 aromatic rings. The molecule has 174 valence electrons. The summed E-state index contributed by atoms with van der Waals surface area (Å²) in [6.45, 7) is 1.68. The van der Waals surface area contributed by atoms with Crippen LogP contribution >= 0.6 is 0 Å². The van der Waals surface area contributed by atoms with Gasteiger partial charge in [-0.3, -0.25) is 4.79 Å². The van der Waals surface area contributed by atoms with E-state index < -0.39 is 23.6 Å². The Kier molecular flexibility index (Phi) is 6.40. The number of nitrogens with one attached hydrogen (secondary N) is 1. The van der Waals surface area contributed by atoms with Gasteiger partial charge >= 0.3 is 12.1 Å². The predicted molar refractivity (Wildman–Crippen MR) is 124 cm³/mol. The largest absolute Gasteiger partial charge is 0.480 e. The third-order valence-corrected chi connectivity index (χ3v) is 7.09. The van der Waals surface area contributed by atoms with E-state index in [1.807, 2.05) is 24.3 Å². The zero-order chi connectivity index (χ0) is 23.6. The van der Waals surface area contributed by atoms with Crippen molar-refractivity contribution in [1.82, 2.24) is 10.2 Å². The van der Waals surface area contributed by atoms with Crippen molar-refractivity contribution in [3.63, 3.8) is 0 Å². The number of ether oxygens (including phenoxy) is 1. The van der Waals surface area contributed by atoms with Gasteiger partial charge in [-0.1, -0.05) is 61.4 Å². The number of aliphatic carboxylic acids is 1. The van der Waals surface area contributed by atoms with E-state index in [1.165, 1.54) is 18.9 Å². The third-order valence-electron chi connectivity index (χ3n) is 7.09. The van der Waals surface area contributed by atoms with Crippen LogP contribution < -0.4 is 5.32 Å². The summed E-state index contributed by atoms with van der Waals surface area (Å²) in [7, 11) is 1.48. The average molecular weight is 451 g/mol. The summed E-state index contributed by atoms with van der Waals surface area (Å²) in [5, 5.41) is 12.2. The van der Waals surface area contributed by atoms with Gasteiger partial charge in [-0.15, -0.1) is 0 Å². The van der Waals surface area contributed by atoms with Crippen LogP contribution in [0.2, 0.25) is 0 Å². The lowest BCUT2D eigenvalue weighted by molar-refractivity contribution is -0.148. The summed E-state index contributed by atoms with van der Waals surface area (Å²) >= 11 is 0. The number of alkyl carbamates (subject to hydrolysis) is 1. The molecule has 4 rings (SSSR count). The van der Waals surface area contributed by atoms with Crippen LogP contribution in [0.3, 0.4) is 0 Å². The number of hydrogen-bond donors (Lipinski definition) is 2. The number of nitrogens with zero attached hydrogens (tertiary/aromatic N) is 1. The number of amides is 2. The number of hydrogen-bond acceptors (Lipinski definition) is 4. The van der Waals surface area contributed by atoms with Crippen LogP contribution in [0.15, 0.2) is 48.5 Å². The highest BCUT2D eigenvalue weighted by Gasteiger charge is 2.40. The molecule has 0 aliphatic heterocycles. The van der Waals surface area contributed by atoms with E-state index in [0.29, 0.717) is 12.8 Å². The second-order valence-corrected chi connectivity index (χ2v) is 9.13. The second-order valence-electron chi connectivity index (χ2n) is 9.13. The van der Waals surface area contributed by atoms with Gasteiger partial charge < -0.3 is 20.1 Å². The molecular formula is C26H30N2O5. The predicted octanol–water partition coefficient (Wildman–Crippen LogP) is 4.16. The maximum absolute atomic E-state index is 12.8. The highest BCUT2D eigenvalue weighted by molar-refractivity contribution is 5.84. The summed E-state index contributed by atoms with van der Waals surface area (Å²) in [6.07, 6.45) is 2.65. The van der Waals surface area contributed by atoms with E-state index in [0.717, 1.165) is 35.1 Å². The standard InChI is InChI=1S/C26H30N2O5/c1-17(24(30)31)28(2)23(29)15-26(13-7-8-14-26)27-25(32)33-16-22-20-11-5-3-9-18(20)19-10-4-6-12-21(19)22/h3-6,9-12,17,22H,7-8,13-16H2,1-2H3,(H,27,32)(H,30,31). The normalized spacial score (nSPS) is 17.0. The number of fused-ring (bicyclic) bond motifs is 3. The number of carbonyl (C=O) groups excluding carboxylic acids is 2. The summed E-state index contributed by atoms with van der Waals surface area (Å²) < 4.78 is 5.69. The van der Waals surface area contributed by atoms with Crippen LogP contribution in [-0.2, 0) is 14.3 Å². The molecule has 1 atom stereocenters. The van der Waals surface area contributed by atoms with Crippen LogP contribution in [-0.4, -0.2) is 53.2 Å². The van der Waals surface area contributed by atoms with E-state index in [9.17, 15) is 19.5 Å². The quantitative estimate of drug-likeness (QED) is 0.660. The first kappa shape index (κ1) is 22.8. The summed E-state index contributed by atoms with van der Waals surface area (Å²) in [6, 6.07) is 15.4. The number of rotatable bonds is 7. The van der Waals surface area contributed by atoms with Crippen molar-refractivity contribution in [2.75, 3.05) is 13.7 Å². The molecule has 1 fully saturated rings. The second kappa shape index (κ2) is 9.25. The number of carboxylic acids is 1. The van der Waals surface area contributed by atoms with E-state index >= 15 is 0 Å². The zero-order valence-electron chi connectivity index (χ0n) is 19.0. The lowest BCUT2D eigenvalue weighted by Gasteiger charge is -2.32. The summed E-state index contributed by atoms with van der Waals surface area (Å²) in [5.41, 5.74) is 3.90. The molecule has 2 amide bonds. The molecule has 2 N–H and O–H groups in total. The van der Waals surface area contributed by atoms with Crippen LogP contribution in [0.5, 0.6) is 0 Å². The van der Waals surface area contributed by atoms with Crippen molar-refractivity contribution < 1.29 is 24.2 Å². The maximum atomic E-state index is 12.8. The van der Waals surface area contributed by atoms with Crippen molar-refractivity contribution in [2.45, 2.75) is 56.5 Å². The lowest BCUT2D eigenvalue weighted by Crippen LogP contribution is -2.51. The van der Waals surface area contributed by atoms with E-state index in [4.69, 9.17) is 4.74 Å². The molecule has 0 spiro atoms. The molecule has 2 aliphatic carbocycles. The molecule has 33 heavy (non-hydrogen) atoms. The monoisotopic (exact) mass is 450 g/mol. The van der Waals surface area contributed by atoms with Crippen molar-refractivity contribution in [2.24, 2.45) is 0 Å². The molecule has 7 heteroatoms. The first-order valence-corrected chi connectivity index (χ1v) is 11.4. The number of carbonyl (C=O) groups is 3. The van der Waals surface area contributed by atoms with Crippen LogP contribution in [0, 0.1) is 0 Å². The molecule has 0 saturated heterocycles. The Labute approximate surface area is 193 Å². The Balaban J connectivity index is 1.42.